The van der Waals surface area contributed by atoms with Crippen LogP contribution in [0.15, 0.2) is 92.1 Å². The van der Waals surface area contributed by atoms with E-state index in [4.69, 9.17) is 25.7 Å². The van der Waals surface area contributed by atoms with Gasteiger partial charge in [-0.2, -0.15) is 0 Å². The van der Waals surface area contributed by atoms with Gasteiger partial charge in [-0.15, -0.1) is 11.8 Å². The number of hydrogen-bond donors (Lipinski definition) is 0. The number of rotatable bonds is 1. The normalized spacial score (nSPS) is 19.5. The molecule has 2 unspecified atom stereocenters. The summed E-state index contributed by atoms with van der Waals surface area (Å²) < 4.78 is 12.0. The van der Waals surface area contributed by atoms with E-state index in [-0.39, 0.29) is 16.6 Å². The lowest BCUT2D eigenvalue weighted by molar-refractivity contribution is 0.271. The van der Waals surface area contributed by atoms with Crippen LogP contribution in [0, 0.1) is 5.92 Å². The minimum absolute atomic E-state index is 0.0185. The van der Waals surface area contributed by atoms with Crippen LogP contribution in [0.5, 0.6) is 5.75 Å². The third-order valence-corrected chi connectivity index (χ3v) is 7.40. The number of aliphatic imine (C=N–C) groups is 1. The molecule has 4 aromatic rings. The highest BCUT2D eigenvalue weighted by Gasteiger charge is 2.38. The summed E-state index contributed by atoms with van der Waals surface area (Å²) in [6.45, 7) is 0.422. The summed E-state index contributed by atoms with van der Waals surface area (Å²) in [5, 5.41) is 0.991. The largest absolute Gasteiger partial charge is 0.492 e. The maximum Gasteiger partial charge on any atom is 0.197 e. The summed E-state index contributed by atoms with van der Waals surface area (Å²) in [4.78, 5) is 19.5. The highest BCUT2D eigenvalue weighted by Crippen LogP contribution is 2.50. The van der Waals surface area contributed by atoms with Gasteiger partial charge in [-0.1, -0.05) is 35.9 Å². The number of benzene rings is 3. The van der Waals surface area contributed by atoms with Crippen molar-refractivity contribution in [3.63, 3.8) is 0 Å². The molecule has 2 aliphatic rings. The van der Waals surface area contributed by atoms with Crippen molar-refractivity contribution in [3.05, 3.63) is 99.4 Å². The zero-order chi connectivity index (χ0) is 20.9. The Balaban J connectivity index is 1.59. The zero-order valence-electron chi connectivity index (χ0n) is 16.2. The lowest BCUT2D eigenvalue weighted by Gasteiger charge is -2.31. The van der Waals surface area contributed by atoms with Gasteiger partial charge in [0.25, 0.3) is 0 Å². The molecule has 6 heteroatoms. The molecule has 3 aromatic carbocycles. The molecular weight excluding hydrogens is 430 g/mol. The van der Waals surface area contributed by atoms with Crippen molar-refractivity contribution in [2.24, 2.45) is 10.9 Å². The molecule has 31 heavy (non-hydrogen) atoms. The lowest BCUT2D eigenvalue weighted by atomic mass is 9.88. The third kappa shape index (κ3) is 3.08. The van der Waals surface area contributed by atoms with Gasteiger partial charge in [-0.25, -0.2) is 0 Å². The van der Waals surface area contributed by atoms with Crippen molar-refractivity contribution in [3.8, 4) is 5.75 Å². The summed E-state index contributed by atoms with van der Waals surface area (Å²) in [6.07, 6.45) is 1.60. The Hall–Kier alpha value is -3.02. The van der Waals surface area contributed by atoms with Gasteiger partial charge in [0.15, 0.2) is 5.43 Å². The van der Waals surface area contributed by atoms with Crippen LogP contribution in [0.25, 0.3) is 11.0 Å². The number of para-hydroxylation sites is 2. The van der Waals surface area contributed by atoms with Crippen molar-refractivity contribution in [1.29, 1.82) is 0 Å². The SMILES string of the molecule is O=c1c(C2Sc3ccccc3N=C3c4cc(Cl)ccc4OCC32)coc2ccccc12. The molecule has 0 aliphatic carbocycles. The molecule has 0 fully saturated rings. The van der Waals surface area contributed by atoms with Gasteiger partial charge in [0.1, 0.15) is 11.3 Å². The van der Waals surface area contributed by atoms with Crippen molar-refractivity contribution in [2.45, 2.75) is 10.1 Å². The maximum absolute atomic E-state index is 13.5. The predicted octanol–water partition coefficient (Wildman–Crippen LogP) is 6.42. The van der Waals surface area contributed by atoms with Crippen LogP contribution in [0.3, 0.4) is 0 Å². The molecule has 152 valence electrons. The van der Waals surface area contributed by atoms with Gasteiger partial charge in [0.2, 0.25) is 0 Å². The fourth-order valence-electron chi connectivity index (χ4n) is 4.23. The van der Waals surface area contributed by atoms with Gasteiger partial charge < -0.3 is 9.15 Å². The van der Waals surface area contributed by atoms with Crippen LogP contribution < -0.4 is 10.2 Å². The Labute approximate surface area is 187 Å². The molecule has 3 heterocycles. The first-order valence-corrected chi connectivity index (χ1v) is 11.2. The molecule has 0 amide bonds. The van der Waals surface area contributed by atoms with Crippen LogP contribution in [-0.4, -0.2) is 12.3 Å². The summed E-state index contributed by atoms with van der Waals surface area (Å²) in [5.74, 6) is 0.625. The Kier molecular flexibility index (Phi) is 4.40. The van der Waals surface area contributed by atoms with Crippen LogP contribution in [-0.2, 0) is 0 Å². The van der Waals surface area contributed by atoms with Gasteiger partial charge in [-0.05, 0) is 42.5 Å². The van der Waals surface area contributed by atoms with Crippen molar-refractivity contribution in [2.75, 3.05) is 6.61 Å². The predicted molar refractivity (Wildman–Crippen MR) is 124 cm³/mol. The monoisotopic (exact) mass is 445 g/mol. The molecule has 0 saturated heterocycles. The summed E-state index contributed by atoms with van der Waals surface area (Å²) in [7, 11) is 0. The molecular formula is C25H16ClNO3S. The molecule has 0 spiro atoms. The Morgan fingerprint density at radius 2 is 1.87 bits per heavy atom. The molecule has 0 bridgehead atoms. The van der Waals surface area contributed by atoms with Crippen molar-refractivity contribution >= 4 is 45.7 Å². The molecule has 6 rings (SSSR count). The second kappa shape index (κ2) is 7.29. The van der Waals surface area contributed by atoms with Crippen LogP contribution in [0.2, 0.25) is 5.02 Å². The smallest absolute Gasteiger partial charge is 0.197 e. The van der Waals surface area contributed by atoms with Crippen LogP contribution in [0.1, 0.15) is 16.4 Å². The minimum atomic E-state index is -0.213. The molecule has 4 nitrogen and oxygen atoms in total. The van der Waals surface area contributed by atoms with Crippen LogP contribution >= 0.6 is 23.4 Å². The average molecular weight is 446 g/mol. The Bertz CT molecular complexity index is 1430. The topological polar surface area (TPSA) is 51.8 Å². The van der Waals surface area contributed by atoms with Crippen molar-refractivity contribution in [1.82, 2.24) is 0 Å². The average Bonchev–Trinajstić information content (AvgIpc) is 2.96. The summed E-state index contributed by atoms with van der Waals surface area (Å²) in [6, 6.07) is 20.9. The second-order valence-electron chi connectivity index (χ2n) is 7.58. The highest BCUT2D eigenvalue weighted by molar-refractivity contribution is 7.99. The number of hydrogen-bond acceptors (Lipinski definition) is 5. The number of ether oxygens (including phenoxy) is 1. The number of fused-ring (bicyclic) bond motifs is 5. The van der Waals surface area contributed by atoms with Gasteiger partial charge in [-0.3, -0.25) is 9.79 Å². The Morgan fingerprint density at radius 1 is 1.03 bits per heavy atom. The number of halogens is 1. The minimum Gasteiger partial charge on any atom is -0.492 e. The maximum atomic E-state index is 13.5. The van der Waals surface area contributed by atoms with Gasteiger partial charge >= 0.3 is 0 Å². The quantitative estimate of drug-likeness (QED) is 0.339. The molecule has 2 atom stereocenters. The standard InChI is InChI=1S/C25H16ClNO3S/c26-14-9-10-21-16(11-14)23-17(12-29-21)25(31-22-8-4-2-6-19(22)27-23)18-13-30-20-7-3-1-5-15(20)24(18)28/h1-11,13,17,25H,12H2. The second-order valence-corrected chi connectivity index (χ2v) is 9.20. The van der Waals surface area contributed by atoms with E-state index >= 15 is 0 Å². The fraction of sp³-hybridized carbons (Fsp3) is 0.120. The zero-order valence-corrected chi connectivity index (χ0v) is 17.8. The summed E-state index contributed by atoms with van der Waals surface area (Å²) in [5.41, 5.74) is 3.83. The lowest BCUT2D eigenvalue weighted by Crippen LogP contribution is -2.33. The first-order valence-electron chi connectivity index (χ1n) is 9.96. The first-order chi connectivity index (χ1) is 15.2. The fourth-order valence-corrected chi connectivity index (χ4v) is 5.73. The van der Waals surface area contributed by atoms with Gasteiger partial charge in [0.05, 0.1) is 40.8 Å². The summed E-state index contributed by atoms with van der Waals surface area (Å²) >= 11 is 7.94. The molecule has 1 aromatic heterocycles. The van der Waals surface area contributed by atoms with E-state index in [9.17, 15) is 4.79 Å². The van der Waals surface area contributed by atoms with E-state index in [1.54, 1.807) is 24.1 Å². The van der Waals surface area contributed by atoms with Gasteiger partial charge in [0, 0.05) is 21.0 Å². The van der Waals surface area contributed by atoms with E-state index in [0.717, 1.165) is 27.6 Å². The van der Waals surface area contributed by atoms with E-state index in [2.05, 4.69) is 0 Å². The molecule has 2 aliphatic heterocycles. The number of nitrogens with zero attached hydrogens (tertiary/aromatic N) is 1. The molecule has 0 N–H and O–H groups in total. The van der Waals surface area contributed by atoms with Crippen LogP contribution in [0.4, 0.5) is 5.69 Å². The van der Waals surface area contributed by atoms with E-state index in [1.165, 1.54) is 0 Å². The van der Waals surface area contributed by atoms with E-state index in [1.807, 2.05) is 60.7 Å². The first kappa shape index (κ1) is 18.7. The highest BCUT2D eigenvalue weighted by atomic mass is 35.5. The molecule has 0 saturated carbocycles. The van der Waals surface area contributed by atoms with Crippen molar-refractivity contribution < 1.29 is 9.15 Å². The van der Waals surface area contributed by atoms with E-state index in [0.29, 0.717) is 28.2 Å². The Morgan fingerprint density at radius 3 is 2.81 bits per heavy atom. The third-order valence-electron chi connectivity index (χ3n) is 5.73. The number of thioether (sulfide) groups is 1. The van der Waals surface area contributed by atoms with E-state index < -0.39 is 0 Å². The molecule has 0 radical (unpaired) electrons.